The number of benzene rings is 2. The quantitative estimate of drug-likeness (QED) is 0.600. The number of carbonyl (C=O) groups is 1. The Morgan fingerprint density at radius 1 is 1.07 bits per heavy atom. The van der Waals surface area contributed by atoms with Gasteiger partial charge in [-0.2, -0.15) is 0 Å². The van der Waals surface area contributed by atoms with Gasteiger partial charge in [-0.3, -0.25) is 4.79 Å². The molecular formula is C23H26N4O2. The maximum absolute atomic E-state index is 12.9. The van der Waals surface area contributed by atoms with E-state index in [0.29, 0.717) is 23.9 Å². The van der Waals surface area contributed by atoms with Gasteiger partial charge in [-0.1, -0.05) is 49.7 Å². The highest BCUT2D eigenvalue weighted by Gasteiger charge is 2.17. The largest absolute Gasteiger partial charge is 0.497 e. The maximum atomic E-state index is 12.9. The molecule has 0 aliphatic rings. The summed E-state index contributed by atoms with van der Waals surface area (Å²) in [5.41, 5.74) is 2.04. The van der Waals surface area contributed by atoms with Gasteiger partial charge in [0.1, 0.15) is 17.3 Å². The van der Waals surface area contributed by atoms with Crippen LogP contribution in [0.25, 0.3) is 11.4 Å². The third-order valence-corrected chi connectivity index (χ3v) is 4.51. The lowest BCUT2D eigenvalue weighted by atomic mass is 10.2. The number of hydrogen-bond acceptors (Lipinski definition) is 5. The molecule has 0 bridgehead atoms. The molecule has 0 atom stereocenters. The van der Waals surface area contributed by atoms with Crippen LogP contribution in [0.4, 0.5) is 11.5 Å². The van der Waals surface area contributed by atoms with Gasteiger partial charge in [-0.15, -0.1) is 0 Å². The predicted octanol–water partition coefficient (Wildman–Crippen LogP) is 4.77. The van der Waals surface area contributed by atoms with Crippen LogP contribution in [0.1, 0.15) is 30.3 Å². The van der Waals surface area contributed by atoms with Crippen LogP contribution in [-0.4, -0.2) is 41.5 Å². The topological polar surface area (TPSA) is 67.4 Å². The van der Waals surface area contributed by atoms with Crippen LogP contribution in [0.5, 0.6) is 5.75 Å². The number of methoxy groups -OCH3 is 1. The number of nitrogens with zero attached hydrogens (tertiary/aromatic N) is 3. The van der Waals surface area contributed by atoms with E-state index in [-0.39, 0.29) is 5.91 Å². The van der Waals surface area contributed by atoms with Gasteiger partial charge in [0.05, 0.1) is 7.11 Å². The zero-order valence-corrected chi connectivity index (χ0v) is 17.1. The lowest BCUT2D eigenvalue weighted by molar-refractivity contribution is 0.0787. The molecule has 0 fully saturated rings. The zero-order chi connectivity index (χ0) is 20.6. The summed E-state index contributed by atoms with van der Waals surface area (Å²) < 4.78 is 5.28. The molecule has 0 unspecified atom stereocenters. The zero-order valence-electron chi connectivity index (χ0n) is 17.1. The van der Waals surface area contributed by atoms with Crippen molar-refractivity contribution >= 4 is 17.4 Å². The Morgan fingerprint density at radius 3 is 2.59 bits per heavy atom. The highest BCUT2D eigenvalue weighted by atomic mass is 16.5. The van der Waals surface area contributed by atoms with Crippen molar-refractivity contribution in [3.63, 3.8) is 0 Å². The monoisotopic (exact) mass is 390 g/mol. The second-order valence-electron chi connectivity index (χ2n) is 6.77. The first-order chi connectivity index (χ1) is 14.1. The summed E-state index contributed by atoms with van der Waals surface area (Å²) in [5.74, 6) is 1.68. The molecular weight excluding hydrogens is 364 g/mol. The Kier molecular flexibility index (Phi) is 6.79. The molecule has 0 saturated carbocycles. The molecule has 0 spiro atoms. The fourth-order valence-corrected chi connectivity index (χ4v) is 2.88. The molecule has 0 saturated heterocycles. The Balaban J connectivity index is 1.97. The first-order valence-corrected chi connectivity index (χ1v) is 9.71. The number of unbranched alkanes of at least 4 members (excludes halogenated alkanes) is 1. The van der Waals surface area contributed by atoms with Crippen molar-refractivity contribution in [3.8, 4) is 17.1 Å². The van der Waals surface area contributed by atoms with E-state index in [4.69, 9.17) is 4.74 Å². The molecule has 6 nitrogen and oxygen atoms in total. The van der Waals surface area contributed by atoms with Crippen LogP contribution >= 0.6 is 0 Å². The minimum absolute atomic E-state index is 0.119. The number of amides is 1. The Bertz CT molecular complexity index is 960. The van der Waals surface area contributed by atoms with Crippen molar-refractivity contribution in [2.45, 2.75) is 19.8 Å². The molecule has 1 aromatic heterocycles. The van der Waals surface area contributed by atoms with E-state index >= 15 is 0 Å². The van der Waals surface area contributed by atoms with Crippen LogP contribution in [-0.2, 0) is 0 Å². The van der Waals surface area contributed by atoms with E-state index in [0.717, 1.165) is 29.8 Å². The summed E-state index contributed by atoms with van der Waals surface area (Å²) in [6.45, 7) is 2.80. The van der Waals surface area contributed by atoms with Gasteiger partial charge < -0.3 is 15.0 Å². The minimum atomic E-state index is -0.119. The average molecular weight is 390 g/mol. The Labute approximate surface area is 171 Å². The van der Waals surface area contributed by atoms with Gasteiger partial charge in [-0.25, -0.2) is 9.97 Å². The lowest BCUT2D eigenvalue weighted by Gasteiger charge is -2.17. The second kappa shape index (κ2) is 9.68. The van der Waals surface area contributed by atoms with Gasteiger partial charge >= 0.3 is 0 Å². The van der Waals surface area contributed by atoms with E-state index in [2.05, 4.69) is 22.2 Å². The molecule has 1 N–H and O–H groups in total. The summed E-state index contributed by atoms with van der Waals surface area (Å²) >= 11 is 0. The number of ether oxygens (including phenoxy) is 1. The Hall–Kier alpha value is -3.41. The molecule has 3 rings (SSSR count). The fourth-order valence-electron chi connectivity index (χ4n) is 2.88. The first kappa shape index (κ1) is 20.3. The van der Waals surface area contributed by atoms with Crippen LogP contribution in [0, 0.1) is 0 Å². The molecule has 0 aliphatic heterocycles. The van der Waals surface area contributed by atoms with E-state index in [9.17, 15) is 4.79 Å². The molecule has 0 aliphatic carbocycles. The molecule has 2 aromatic carbocycles. The van der Waals surface area contributed by atoms with Crippen LogP contribution in [0.15, 0.2) is 60.7 Å². The van der Waals surface area contributed by atoms with Gasteiger partial charge in [0, 0.05) is 37.0 Å². The number of rotatable bonds is 8. The normalized spacial score (nSPS) is 10.4. The van der Waals surface area contributed by atoms with Crippen molar-refractivity contribution in [2.75, 3.05) is 26.0 Å². The minimum Gasteiger partial charge on any atom is -0.497 e. The second-order valence-corrected chi connectivity index (χ2v) is 6.77. The van der Waals surface area contributed by atoms with Crippen LogP contribution in [0.2, 0.25) is 0 Å². The van der Waals surface area contributed by atoms with Gasteiger partial charge in [0.25, 0.3) is 5.91 Å². The molecule has 29 heavy (non-hydrogen) atoms. The molecule has 3 aromatic rings. The van der Waals surface area contributed by atoms with Gasteiger partial charge in [0.2, 0.25) is 0 Å². The molecule has 1 amide bonds. The summed E-state index contributed by atoms with van der Waals surface area (Å²) in [6.07, 6.45) is 1.98. The third-order valence-electron chi connectivity index (χ3n) is 4.51. The summed E-state index contributed by atoms with van der Waals surface area (Å²) in [5, 5.41) is 3.26. The smallest absolute Gasteiger partial charge is 0.272 e. The van der Waals surface area contributed by atoms with Crippen molar-refractivity contribution < 1.29 is 9.53 Å². The molecule has 1 heterocycles. The number of anilines is 2. The molecule has 0 radical (unpaired) electrons. The third kappa shape index (κ3) is 5.31. The first-order valence-electron chi connectivity index (χ1n) is 9.71. The summed E-state index contributed by atoms with van der Waals surface area (Å²) in [4.78, 5) is 23.8. The highest BCUT2D eigenvalue weighted by molar-refractivity contribution is 5.93. The predicted molar refractivity (Wildman–Crippen MR) is 116 cm³/mol. The summed E-state index contributed by atoms with van der Waals surface area (Å²) in [6, 6.07) is 18.9. The van der Waals surface area contributed by atoms with Crippen molar-refractivity contribution in [1.82, 2.24) is 14.9 Å². The van der Waals surface area contributed by atoms with Crippen molar-refractivity contribution in [2.24, 2.45) is 0 Å². The number of hydrogen-bond donors (Lipinski definition) is 1. The molecule has 150 valence electrons. The number of nitrogens with one attached hydrogen (secondary N) is 1. The number of carbonyl (C=O) groups excluding carboxylic acids is 1. The van der Waals surface area contributed by atoms with E-state index in [1.807, 2.05) is 54.6 Å². The van der Waals surface area contributed by atoms with E-state index in [1.165, 1.54) is 0 Å². The maximum Gasteiger partial charge on any atom is 0.272 e. The van der Waals surface area contributed by atoms with E-state index in [1.54, 1.807) is 25.1 Å². The van der Waals surface area contributed by atoms with Crippen molar-refractivity contribution in [3.05, 3.63) is 66.4 Å². The van der Waals surface area contributed by atoms with E-state index < -0.39 is 0 Å². The van der Waals surface area contributed by atoms with Crippen LogP contribution < -0.4 is 10.1 Å². The van der Waals surface area contributed by atoms with Crippen molar-refractivity contribution in [1.29, 1.82) is 0 Å². The van der Waals surface area contributed by atoms with Gasteiger partial charge in [-0.05, 0) is 18.6 Å². The number of aromatic nitrogens is 2. The summed E-state index contributed by atoms with van der Waals surface area (Å²) in [7, 11) is 3.43. The van der Waals surface area contributed by atoms with Gasteiger partial charge in [0.15, 0.2) is 5.82 Å². The van der Waals surface area contributed by atoms with Crippen LogP contribution in [0.3, 0.4) is 0 Å². The SMILES string of the molecule is CCCCN(C)C(=O)c1cc(Nc2cccc(OC)c2)nc(-c2ccccc2)n1. The average Bonchev–Trinajstić information content (AvgIpc) is 2.77. The standard InChI is InChI=1S/C23H26N4O2/c1-4-5-14-27(2)23(28)20-16-21(24-18-12-9-13-19(15-18)29-3)26-22(25-20)17-10-7-6-8-11-17/h6-13,15-16H,4-5,14H2,1-3H3,(H,24,25,26). The lowest BCUT2D eigenvalue weighted by Crippen LogP contribution is -2.28. The Morgan fingerprint density at radius 2 is 1.86 bits per heavy atom. The molecule has 6 heteroatoms. The highest BCUT2D eigenvalue weighted by Crippen LogP contribution is 2.23. The fraction of sp³-hybridized carbons (Fsp3) is 0.261.